The van der Waals surface area contributed by atoms with Gasteiger partial charge in [0.25, 0.3) is 0 Å². The molecule has 0 saturated heterocycles. The first-order chi connectivity index (χ1) is 8.54. The van der Waals surface area contributed by atoms with Crippen LogP contribution in [0.2, 0.25) is 0 Å². The molecule has 0 spiro atoms. The smallest absolute Gasteiger partial charge is 0.192 e. The van der Waals surface area contributed by atoms with Gasteiger partial charge in [-0.15, -0.1) is 0 Å². The van der Waals surface area contributed by atoms with Gasteiger partial charge in [0.05, 0.1) is 0 Å². The second-order valence-corrected chi connectivity index (χ2v) is 4.72. The third-order valence-corrected chi connectivity index (χ3v) is 2.86. The van der Waals surface area contributed by atoms with Crippen molar-refractivity contribution in [1.29, 1.82) is 0 Å². The highest BCUT2D eigenvalue weighted by molar-refractivity contribution is 5.75. The van der Waals surface area contributed by atoms with Gasteiger partial charge in [-0.1, -0.05) is 6.07 Å². The minimum atomic E-state index is 0.226. The molecule has 0 unspecified atom stereocenters. The van der Waals surface area contributed by atoms with Crippen LogP contribution in [0.25, 0.3) is 11.1 Å². The third kappa shape index (κ3) is 3.17. The number of carbonyl (C=O) groups is 1. The van der Waals surface area contributed by atoms with Gasteiger partial charge in [-0.2, -0.15) is 0 Å². The van der Waals surface area contributed by atoms with E-state index >= 15 is 0 Å². The lowest BCUT2D eigenvalue weighted by Gasteiger charge is -2.15. The Hall–Kier alpha value is -1.68. The zero-order valence-corrected chi connectivity index (χ0v) is 11.1. The quantitative estimate of drug-likeness (QED) is 0.813. The average molecular weight is 246 g/mol. The van der Waals surface area contributed by atoms with Crippen LogP contribution in [-0.2, 0) is 11.3 Å². The maximum atomic E-state index is 10.9. The lowest BCUT2D eigenvalue weighted by Crippen LogP contribution is -2.20. The molecule has 4 nitrogen and oxygen atoms in total. The summed E-state index contributed by atoms with van der Waals surface area (Å²) in [6.45, 7) is 5.07. The van der Waals surface area contributed by atoms with Crippen LogP contribution in [0, 0.1) is 6.92 Å². The third-order valence-electron chi connectivity index (χ3n) is 2.86. The number of Topliss-reactive ketones (excluding diaryl/α,β-unsaturated/α-hetero) is 1. The van der Waals surface area contributed by atoms with Crippen molar-refractivity contribution in [2.75, 3.05) is 13.6 Å². The molecule has 0 N–H and O–H groups in total. The normalized spacial score (nSPS) is 11.3. The Balaban J connectivity index is 2.04. The minimum Gasteiger partial charge on any atom is -0.441 e. The Kier molecular flexibility index (Phi) is 3.77. The van der Waals surface area contributed by atoms with Crippen molar-refractivity contribution in [3.8, 4) is 0 Å². The Morgan fingerprint density at radius 2 is 2.22 bits per heavy atom. The van der Waals surface area contributed by atoms with E-state index in [1.807, 2.05) is 32.2 Å². The Bertz CT molecular complexity index is 560. The molecular weight excluding hydrogens is 228 g/mol. The Labute approximate surface area is 107 Å². The molecule has 1 aromatic heterocycles. The maximum absolute atomic E-state index is 10.9. The van der Waals surface area contributed by atoms with Crippen molar-refractivity contribution in [2.24, 2.45) is 0 Å². The van der Waals surface area contributed by atoms with Gasteiger partial charge in [0.1, 0.15) is 11.3 Å². The summed E-state index contributed by atoms with van der Waals surface area (Å²) < 4.78 is 5.44. The zero-order chi connectivity index (χ0) is 13.1. The predicted octanol–water partition coefficient (Wildman–Crippen LogP) is 2.55. The SMILES string of the molecule is CC(=O)CCN(C)Cc1ccc2oc(C)nc2c1. The number of fused-ring (bicyclic) bond motifs is 1. The molecule has 18 heavy (non-hydrogen) atoms. The van der Waals surface area contributed by atoms with Gasteiger partial charge in [0.15, 0.2) is 11.5 Å². The van der Waals surface area contributed by atoms with E-state index in [-0.39, 0.29) is 5.78 Å². The van der Waals surface area contributed by atoms with Gasteiger partial charge in [0.2, 0.25) is 0 Å². The number of benzene rings is 1. The highest BCUT2D eigenvalue weighted by Gasteiger charge is 2.06. The molecule has 0 bridgehead atoms. The molecule has 1 aromatic carbocycles. The summed E-state index contributed by atoms with van der Waals surface area (Å²) in [6.07, 6.45) is 0.599. The number of carbonyl (C=O) groups excluding carboxylic acids is 1. The fourth-order valence-electron chi connectivity index (χ4n) is 1.93. The van der Waals surface area contributed by atoms with Crippen LogP contribution in [0.3, 0.4) is 0 Å². The fraction of sp³-hybridized carbons (Fsp3) is 0.429. The van der Waals surface area contributed by atoms with Crippen molar-refractivity contribution in [2.45, 2.75) is 26.8 Å². The van der Waals surface area contributed by atoms with E-state index in [0.29, 0.717) is 12.3 Å². The first kappa shape index (κ1) is 12.8. The number of aromatic nitrogens is 1. The van der Waals surface area contributed by atoms with Gasteiger partial charge >= 0.3 is 0 Å². The van der Waals surface area contributed by atoms with Crippen LogP contribution in [0.1, 0.15) is 24.8 Å². The summed E-state index contributed by atoms with van der Waals surface area (Å²) in [7, 11) is 2.02. The first-order valence-corrected chi connectivity index (χ1v) is 6.08. The number of rotatable bonds is 5. The molecule has 0 amide bonds. The van der Waals surface area contributed by atoms with Gasteiger partial charge in [-0.25, -0.2) is 4.98 Å². The molecule has 2 rings (SSSR count). The van der Waals surface area contributed by atoms with Crippen LogP contribution in [0.15, 0.2) is 22.6 Å². The standard InChI is InChI=1S/C14H18N2O2/c1-10(17)6-7-16(3)9-12-4-5-14-13(8-12)15-11(2)18-14/h4-5,8H,6-7,9H2,1-3H3. The molecule has 1 heterocycles. The molecule has 0 atom stereocenters. The summed E-state index contributed by atoms with van der Waals surface area (Å²) >= 11 is 0. The van der Waals surface area contributed by atoms with Crippen LogP contribution < -0.4 is 0 Å². The topological polar surface area (TPSA) is 46.3 Å². The van der Waals surface area contributed by atoms with Crippen molar-refractivity contribution in [3.05, 3.63) is 29.7 Å². The molecule has 0 radical (unpaired) electrons. The number of ketones is 1. The average Bonchev–Trinajstić information content (AvgIpc) is 2.66. The minimum absolute atomic E-state index is 0.226. The van der Waals surface area contributed by atoms with E-state index in [0.717, 1.165) is 24.2 Å². The molecule has 0 saturated carbocycles. The van der Waals surface area contributed by atoms with Crippen LogP contribution in [0.5, 0.6) is 0 Å². The van der Waals surface area contributed by atoms with E-state index in [2.05, 4.69) is 9.88 Å². The first-order valence-electron chi connectivity index (χ1n) is 6.08. The molecule has 2 aromatic rings. The zero-order valence-electron chi connectivity index (χ0n) is 11.1. The Morgan fingerprint density at radius 1 is 1.44 bits per heavy atom. The lowest BCUT2D eigenvalue weighted by molar-refractivity contribution is -0.117. The van der Waals surface area contributed by atoms with E-state index in [9.17, 15) is 4.79 Å². The Morgan fingerprint density at radius 3 is 2.94 bits per heavy atom. The highest BCUT2D eigenvalue weighted by Crippen LogP contribution is 2.17. The van der Waals surface area contributed by atoms with E-state index in [1.54, 1.807) is 6.92 Å². The molecule has 4 heteroatoms. The molecule has 0 aliphatic carbocycles. The molecule has 96 valence electrons. The summed E-state index contributed by atoms with van der Waals surface area (Å²) in [5.74, 6) is 0.913. The second-order valence-electron chi connectivity index (χ2n) is 4.72. The maximum Gasteiger partial charge on any atom is 0.192 e. The van der Waals surface area contributed by atoms with Gasteiger partial charge in [-0.05, 0) is 31.7 Å². The van der Waals surface area contributed by atoms with E-state index in [4.69, 9.17) is 4.42 Å². The van der Waals surface area contributed by atoms with Crippen molar-refractivity contribution >= 4 is 16.9 Å². The molecule has 0 fully saturated rings. The summed E-state index contributed by atoms with van der Waals surface area (Å²) in [5, 5.41) is 0. The number of nitrogens with zero attached hydrogens (tertiary/aromatic N) is 2. The number of hydrogen-bond donors (Lipinski definition) is 0. The number of hydrogen-bond acceptors (Lipinski definition) is 4. The largest absolute Gasteiger partial charge is 0.441 e. The highest BCUT2D eigenvalue weighted by atomic mass is 16.3. The van der Waals surface area contributed by atoms with Gasteiger partial charge < -0.3 is 9.32 Å². The van der Waals surface area contributed by atoms with Crippen LogP contribution in [-0.4, -0.2) is 29.3 Å². The van der Waals surface area contributed by atoms with Crippen molar-refractivity contribution in [3.63, 3.8) is 0 Å². The van der Waals surface area contributed by atoms with Gasteiger partial charge in [0, 0.05) is 26.4 Å². The van der Waals surface area contributed by atoms with Gasteiger partial charge in [-0.3, -0.25) is 4.79 Å². The second kappa shape index (κ2) is 5.31. The lowest BCUT2D eigenvalue weighted by atomic mass is 10.2. The summed E-state index contributed by atoms with van der Waals surface area (Å²) in [4.78, 5) is 17.4. The van der Waals surface area contributed by atoms with Crippen molar-refractivity contribution < 1.29 is 9.21 Å². The van der Waals surface area contributed by atoms with E-state index < -0.39 is 0 Å². The van der Waals surface area contributed by atoms with Crippen LogP contribution >= 0.6 is 0 Å². The monoisotopic (exact) mass is 246 g/mol. The molecule has 0 aliphatic rings. The summed E-state index contributed by atoms with van der Waals surface area (Å²) in [6, 6.07) is 6.02. The molecular formula is C14H18N2O2. The number of aryl methyl sites for hydroxylation is 1. The number of oxazole rings is 1. The van der Waals surface area contributed by atoms with E-state index in [1.165, 1.54) is 5.56 Å². The fourth-order valence-corrected chi connectivity index (χ4v) is 1.93. The molecule has 0 aliphatic heterocycles. The predicted molar refractivity (Wildman–Crippen MR) is 70.4 cm³/mol. The summed E-state index contributed by atoms with van der Waals surface area (Å²) in [5.41, 5.74) is 2.90. The van der Waals surface area contributed by atoms with Crippen molar-refractivity contribution in [1.82, 2.24) is 9.88 Å². The van der Waals surface area contributed by atoms with Crippen LogP contribution in [0.4, 0.5) is 0 Å².